The predicted molar refractivity (Wildman–Crippen MR) is 142 cm³/mol. The molecular formula is C32H48F2. The maximum Gasteiger partial charge on any atom is 0.129 e. The van der Waals surface area contributed by atoms with Crippen LogP contribution in [0.3, 0.4) is 0 Å². The van der Waals surface area contributed by atoms with E-state index in [1.165, 1.54) is 89.0 Å². The fraction of sp³-hybridized carbons (Fsp3) is 0.688. The molecule has 1 unspecified atom stereocenters. The topological polar surface area (TPSA) is 0 Å². The number of rotatable bonds is 14. The van der Waals surface area contributed by atoms with Gasteiger partial charge in [-0.2, -0.15) is 0 Å². The SMILES string of the molecule is CCCCCCCCCC[C@H]1CC[C@H](C2=CCC(c3cc(F)c(CCCC)c(F)c3)C=C2)CC1. The molecule has 1 fully saturated rings. The Labute approximate surface area is 208 Å². The number of allylic oxidation sites excluding steroid dienone is 4. The molecule has 2 aliphatic rings. The molecule has 3 rings (SSSR count). The molecule has 0 aliphatic heterocycles. The molecule has 0 saturated heterocycles. The molecule has 190 valence electrons. The minimum atomic E-state index is -0.374. The van der Waals surface area contributed by atoms with Gasteiger partial charge in [0.25, 0.3) is 0 Å². The van der Waals surface area contributed by atoms with Crippen molar-refractivity contribution in [2.24, 2.45) is 11.8 Å². The molecule has 1 aromatic rings. The van der Waals surface area contributed by atoms with Gasteiger partial charge in [-0.25, -0.2) is 8.78 Å². The first kappa shape index (κ1) is 27.2. The quantitative estimate of drug-likeness (QED) is 0.237. The van der Waals surface area contributed by atoms with Crippen molar-refractivity contribution in [3.05, 3.63) is 58.7 Å². The summed E-state index contributed by atoms with van der Waals surface area (Å²) < 4.78 is 29.0. The maximum atomic E-state index is 14.5. The molecule has 0 spiro atoms. The third kappa shape index (κ3) is 8.35. The van der Waals surface area contributed by atoms with Crippen molar-refractivity contribution < 1.29 is 8.78 Å². The Hall–Kier alpha value is -1.44. The summed E-state index contributed by atoms with van der Waals surface area (Å²) in [4.78, 5) is 0. The van der Waals surface area contributed by atoms with E-state index in [-0.39, 0.29) is 23.1 Å². The van der Waals surface area contributed by atoms with Crippen LogP contribution in [0.5, 0.6) is 0 Å². The van der Waals surface area contributed by atoms with Crippen molar-refractivity contribution in [3.63, 3.8) is 0 Å². The van der Waals surface area contributed by atoms with Crippen molar-refractivity contribution in [2.45, 2.75) is 129 Å². The summed E-state index contributed by atoms with van der Waals surface area (Å²) in [7, 11) is 0. The van der Waals surface area contributed by atoms with Gasteiger partial charge in [0, 0.05) is 11.5 Å². The molecule has 34 heavy (non-hydrogen) atoms. The fourth-order valence-corrected chi connectivity index (χ4v) is 5.97. The summed E-state index contributed by atoms with van der Waals surface area (Å²) in [5, 5.41) is 0. The Morgan fingerprint density at radius 2 is 1.38 bits per heavy atom. The highest BCUT2D eigenvalue weighted by atomic mass is 19.1. The summed E-state index contributed by atoms with van der Waals surface area (Å²) >= 11 is 0. The van der Waals surface area contributed by atoms with Crippen LogP contribution in [-0.2, 0) is 6.42 Å². The molecule has 0 radical (unpaired) electrons. The van der Waals surface area contributed by atoms with E-state index < -0.39 is 0 Å². The standard InChI is InChI=1S/C32H48F2/c1-3-5-7-8-9-10-11-12-13-25-15-17-26(18-16-25)27-19-21-28(22-20-27)29-23-31(33)30(14-6-4-2)32(34)24-29/h19-21,23-26,28H,3-18,22H2,1-2H3/t25-,26-,28?. The number of benzene rings is 1. The lowest BCUT2D eigenvalue weighted by Crippen LogP contribution is -2.17. The van der Waals surface area contributed by atoms with Crippen LogP contribution in [0.25, 0.3) is 0 Å². The normalized spacial score (nSPS) is 22.7. The Balaban J connectivity index is 1.38. The predicted octanol–water partition coefficient (Wildman–Crippen LogP) is 10.6. The van der Waals surface area contributed by atoms with Gasteiger partial charge >= 0.3 is 0 Å². The minimum Gasteiger partial charge on any atom is -0.207 e. The van der Waals surface area contributed by atoms with E-state index in [2.05, 4.69) is 25.2 Å². The number of halogens is 2. The van der Waals surface area contributed by atoms with E-state index in [9.17, 15) is 8.78 Å². The summed E-state index contributed by atoms with van der Waals surface area (Å²) in [5.41, 5.74) is 2.49. The molecule has 0 bridgehead atoms. The van der Waals surface area contributed by atoms with Crippen molar-refractivity contribution in [1.82, 2.24) is 0 Å². The van der Waals surface area contributed by atoms with Crippen LogP contribution in [0.4, 0.5) is 8.78 Å². The van der Waals surface area contributed by atoms with E-state index in [0.717, 1.165) is 30.7 Å². The Morgan fingerprint density at radius 1 is 0.765 bits per heavy atom. The Morgan fingerprint density at radius 3 is 1.97 bits per heavy atom. The van der Waals surface area contributed by atoms with Gasteiger partial charge in [-0.1, -0.05) is 96.3 Å². The largest absolute Gasteiger partial charge is 0.207 e. The van der Waals surface area contributed by atoms with Crippen molar-refractivity contribution >= 4 is 0 Å². The highest BCUT2D eigenvalue weighted by Crippen LogP contribution is 2.39. The second-order valence-corrected chi connectivity index (χ2v) is 11.0. The molecule has 0 aromatic heterocycles. The van der Waals surface area contributed by atoms with Crippen molar-refractivity contribution in [2.75, 3.05) is 0 Å². The van der Waals surface area contributed by atoms with E-state index in [4.69, 9.17) is 0 Å². The Kier molecular flexibility index (Phi) is 11.9. The summed E-state index contributed by atoms with van der Waals surface area (Å²) in [6.07, 6.45) is 27.9. The first-order valence-corrected chi connectivity index (χ1v) is 14.5. The second kappa shape index (κ2) is 14.8. The highest BCUT2D eigenvalue weighted by molar-refractivity contribution is 5.36. The van der Waals surface area contributed by atoms with Crippen LogP contribution >= 0.6 is 0 Å². The molecule has 1 aromatic carbocycles. The van der Waals surface area contributed by atoms with Crippen LogP contribution in [0, 0.1) is 23.5 Å². The third-order valence-corrected chi connectivity index (χ3v) is 8.28. The van der Waals surface area contributed by atoms with Gasteiger partial charge in [-0.05, 0) is 80.1 Å². The zero-order valence-corrected chi connectivity index (χ0v) is 21.9. The molecule has 1 saturated carbocycles. The fourth-order valence-electron chi connectivity index (χ4n) is 5.97. The van der Waals surface area contributed by atoms with Crippen molar-refractivity contribution in [1.29, 1.82) is 0 Å². The smallest absolute Gasteiger partial charge is 0.129 e. The lowest BCUT2D eigenvalue weighted by Gasteiger charge is -2.31. The van der Waals surface area contributed by atoms with Gasteiger partial charge in [-0.3, -0.25) is 0 Å². The van der Waals surface area contributed by atoms with Gasteiger partial charge in [0.2, 0.25) is 0 Å². The summed E-state index contributed by atoms with van der Waals surface area (Å²) in [6, 6.07) is 3.14. The van der Waals surface area contributed by atoms with Crippen LogP contribution in [0.1, 0.15) is 134 Å². The zero-order valence-electron chi connectivity index (χ0n) is 21.9. The first-order valence-electron chi connectivity index (χ1n) is 14.5. The average Bonchev–Trinajstić information content (AvgIpc) is 2.85. The molecule has 2 heteroatoms. The lowest BCUT2D eigenvalue weighted by molar-refractivity contribution is 0.282. The Bertz CT molecular complexity index is 759. The van der Waals surface area contributed by atoms with Crippen LogP contribution in [-0.4, -0.2) is 0 Å². The van der Waals surface area contributed by atoms with Crippen LogP contribution < -0.4 is 0 Å². The third-order valence-electron chi connectivity index (χ3n) is 8.28. The average molecular weight is 471 g/mol. The molecule has 0 N–H and O–H groups in total. The lowest BCUT2D eigenvalue weighted by atomic mass is 9.75. The van der Waals surface area contributed by atoms with Crippen molar-refractivity contribution in [3.8, 4) is 0 Å². The van der Waals surface area contributed by atoms with E-state index in [1.807, 2.05) is 6.92 Å². The number of hydrogen-bond acceptors (Lipinski definition) is 0. The van der Waals surface area contributed by atoms with E-state index in [1.54, 1.807) is 12.1 Å². The zero-order chi connectivity index (χ0) is 24.2. The molecule has 1 atom stereocenters. The number of unbranched alkanes of at least 4 members (excludes halogenated alkanes) is 8. The highest BCUT2D eigenvalue weighted by Gasteiger charge is 2.24. The van der Waals surface area contributed by atoms with Crippen LogP contribution in [0.2, 0.25) is 0 Å². The van der Waals surface area contributed by atoms with Gasteiger partial charge < -0.3 is 0 Å². The van der Waals surface area contributed by atoms with Gasteiger partial charge in [-0.15, -0.1) is 0 Å². The molecule has 2 aliphatic carbocycles. The van der Waals surface area contributed by atoms with E-state index >= 15 is 0 Å². The second-order valence-electron chi connectivity index (χ2n) is 11.0. The molecule has 0 amide bonds. The van der Waals surface area contributed by atoms with Crippen LogP contribution in [0.15, 0.2) is 35.9 Å². The molecular weight excluding hydrogens is 422 g/mol. The first-order chi connectivity index (χ1) is 16.6. The summed E-state index contributed by atoms with van der Waals surface area (Å²) in [5.74, 6) is 0.945. The summed E-state index contributed by atoms with van der Waals surface area (Å²) in [6.45, 7) is 4.33. The van der Waals surface area contributed by atoms with Gasteiger partial charge in [0.1, 0.15) is 11.6 Å². The minimum absolute atomic E-state index is 0.0892. The van der Waals surface area contributed by atoms with E-state index in [0.29, 0.717) is 12.3 Å². The monoisotopic (exact) mass is 470 g/mol. The molecule has 0 nitrogen and oxygen atoms in total. The molecule has 0 heterocycles. The maximum absolute atomic E-state index is 14.5. The van der Waals surface area contributed by atoms with Gasteiger partial charge in [0.15, 0.2) is 0 Å². The van der Waals surface area contributed by atoms with Gasteiger partial charge in [0.05, 0.1) is 0 Å². The number of hydrogen-bond donors (Lipinski definition) is 0.